The normalized spacial score (nSPS) is 18.8. The highest BCUT2D eigenvalue weighted by Crippen LogP contribution is 2.55. The van der Waals surface area contributed by atoms with Crippen LogP contribution in [0, 0.1) is 17.1 Å². The van der Waals surface area contributed by atoms with Gasteiger partial charge in [0.1, 0.15) is 17.5 Å². The summed E-state index contributed by atoms with van der Waals surface area (Å²) in [6.45, 7) is 18.4. The minimum Gasteiger partial charge on any atom is -0.487 e. The lowest BCUT2D eigenvalue weighted by Crippen LogP contribution is -2.42. The van der Waals surface area contributed by atoms with E-state index in [1.54, 1.807) is 36.8 Å². The topological polar surface area (TPSA) is 126 Å². The first-order chi connectivity index (χ1) is 25.0. The van der Waals surface area contributed by atoms with Gasteiger partial charge in [0.15, 0.2) is 11.6 Å². The zero-order valence-electron chi connectivity index (χ0n) is 33.1. The number of nitriles is 1. The van der Waals surface area contributed by atoms with Gasteiger partial charge in [-0.05, 0) is 82.4 Å². The van der Waals surface area contributed by atoms with E-state index in [0.717, 1.165) is 17.5 Å². The molecule has 2 aliphatic heterocycles. The van der Waals surface area contributed by atoms with Crippen LogP contribution in [0.4, 0.5) is 21.8 Å². The van der Waals surface area contributed by atoms with Crippen molar-refractivity contribution in [2.24, 2.45) is 0 Å². The van der Waals surface area contributed by atoms with Crippen molar-refractivity contribution in [1.29, 1.82) is 5.26 Å². The van der Waals surface area contributed by atoms with Crippen molar-refractivity contribution < 1.29 is 22.8 Å². The van der Waals surface area contributed by atoms with Crippen LogP contribution in [-0.2, 0) is 13.7 Å². The number of hydrogen-bond acceptors (Lipinski definition) is 11. The lowest BCUT2D eigenvalue weighted by molar-refractivity contribution is -0.156. The average molecular weight is 752 g/mol. The van der Waals surface area contributed by atoms with E-state index in [9.17, 15) is 10.1 Å². The average Bonchev–Trinajstić information content (AvgIpc) is 3.48. The number of nitrogens with zero attached hydrogens (tertiary/aromatic N) is 6. The van der Waals surface area contributed by atoms with E-state index >= 15 is 4.39 Å². The number of piperidine rings is 1. The van der Waals surface area contributed by atoms with Crippen molar-refractivity contribution in [3.63, 3.8) is 0 Å². The number of benzene rings is 1. The Hall–Kier alpha value is -3.99. The Bertz CT molecular complexity index is 1700. The van der Waals surface area contributed by atoms with Gasteiger partial charge in [-0.1, -0.05) is 40.7 Å². The monoisotopic (exact) mass is 751 g/mol. The number of aromatic nitrogens is 3. The molecule has 53 heavy (non-hydrogen) atoms. The number of pyridine rings is 1. The summed E-state index contributed by atoms with van der Waals surface area (Å²) < 4.78 is 33.9. The van der Waals surface area contributed by atoms with Gasteiger partial charge < -0.3 is 23.9 Å². The summed E-state index contributed by atoms with van der Waals surface area (Å²) in [7, 11) is -1.32. The van der Waals surface area contributed by atoms with Crippen molar-refractivity contribution in [2.75, 3.05) is 48.9 Å². The molecule has 0 radical (unpaired) electrons. The van der Waals surface area contributed by atoms with Crippen LogP contribution in [0.5, 0.6) is 5.75 Å². The van der Waals surface area contributed by atoms with E-state index in [-0.39, 0.29) is 46.9 Å². The van der Waals surface area contributed by atoms with Gasteiger partial charge in [-0.3, -0.25) is 9.69 Å². The molecule has 2 aliphatic rings. The number of nitrogens with one attached hydrogen (secondary N) is 1. The molecule has 2 atom stereocenters. The summed E-state index contributed by atoms with van der Waals surface area (Å²) in [5, 5.41) is 12.6. The summed E-state index contributed by atoms with van der Waals surface area (Å²) in [4.78, 5) is 30.1. The number of ether oxygens (including phenoxy) is 2. The van der Waals surface area contributed by atoms with Crippen LogP contribution >= 0.6 is 10.3 Å². The molecule has 2 aromatic heterocycles. The number of hydrogen-bond donors (Lipinski definition) is 1. The molecule has 0 saturated carbocycles. The lowest BCUT2D eigenvalue weighted by atomic mass is 10.1. The number of anilines is 3. The predicted octanol–water partition coefficient (Wildman–Crippen LogP) is 8.29. The third-order valence-electron chi connectivity index (χ3n) is 9.37. The number of likely N-dealkylation sites (tertiary alicyclic amines) is 1. The Morgan fingerprint density at radius 1 is 1.02 bits per heavy atom. The molecule has 13 heteroatoms. The summed E-state index contributed by atoms with van der Waals surface area (Å²) >= 11 is 0. The molecule has 0 spiro atoms. The standard InChI is InChI=1S/C38H52FN7O4S.C2H6/c1-37(2,3)49-34(47)25-45-18-14-29(15-19-45)48-32-11-9-10-31(35(32)39)44-33-20-26(13-17-41-33)27-22-42-36(43-23-27)46-24-30(21-28(46)12-16-40)50-51(7,8)38(4,5)6;1-2/h9-11,13,17,20,22-23,28-30H,12,14-15,18-19,21,24-25H2,1-8H3,(H,41,44);1-2H3. The fraction of sp³-hybridized carbons (Fsp3) is 0.575. The molecule has 4 heterocycles. The molecule has 2 fully saturated rings. The first-order valence-corrected chi connectivity index (χ1v) is 20.9. The maximum atomic E-state index is 15.7. The maximum absolute atomic E-state index is 15.7. The van der Waals surface area contributed by atoms with E-state index in [4.69, 9.17) is 23.6 Å². The second-order valence-electron chi connectivity index (χ2n) is 15.6. The zero-order valence-corrected chi connectivity index (χ0v) is 33.9. The third-order valence-corrected chi connectivity index (χ3v) is 13.1. The van der Waals surface area contributed by atoms with Crippen LogP contribution in [-0.4, -0.2) is 93.1 Å². The van der Waals surface area contributed by atoms with Crippen LogP contribution in [0.3, 0.4) is 0 Å². The zero-order chi connectivity index (χ0) is 39.0. The third kappa shape index (κ3) is 11.5. The van der Waals surface area contributed by atoms with Crippen LogP contribution in [0.2, 0.25) is 0 Å². The lowest BCUT2D eigenvalue weighted by Gasteiger charge is -2.45. The van der Waals surface area contributed by atoms with Gasteiger partial charge in [0, 0.05) is 54.6 Å². The summed E-state index contributed by atoms with van der Waals surface area (Å²) in [6, 6.07) is 11.0. The van der Waals surface area contributed by atoms with E-state index in [2.05, 4.69) is 54.6 Å². The minimum absolute atomic E-state index is 0.00201. The van der Waals surface area contributed by atoms with E-state index < -0.39 is 21.7 Å². The Balaban J connectivity index is 0.00000308. The molecule has 11 nitrogen and oxygen atoms in total. The first-order valence-electron chi connectivity index (χ1n) is 18.5. The second kappa shape index (κ2) is 17.9. The van der Waals surface area contributed by atoms with Crippen LogP contribution < -0.4 is 15.0 Å². The number of carbonyl (C=O) groups excluding carboxylic acids is 1. The fourth-order valence-corrected chi connectivity index (χ4v) is 7.13. The predicted molar refractivity (Wildman–Crippen MR) is 212 cm³/mol. The second-order valence-corrected chi connectivity index (χ2v) is 19.5. The molecule has 0 aliphatic carbocycles. The summed E-state index contributed by atoms with van der Waals surface area (Å²) in [6.07, 6.45) is 11.9. The maximum Gasteiger partial charge on any atom is 0.320 e. The fourth-order valence-electron chi connectivity index (χ4n) is 6.03. The highest BCUT2D eigenvalue weighted by molar-refractivity contribution is 8.29. The SMILES string of the molecule is CC.CC(C)(C)OC(=O)CN1CCC(Oc2cccc(Nc3cc(-c4cnc(N5CC(OS(C)(C)C(C)(C)C)CC5CC#N)nc4)ccn3)c2F)CC1. The number of carbonyl (C=O) groups is 1. The largest absolute Gasteiger partial charge is 0.487 e. The Morgan fingerprint density at radius 3 is 2.32 bits per heavy atom. The summed E-state index contributed by atoms with van der Waals surface area (Å²) in [5.41, 5.74) is 1.32. The van der Waals surface area contributed by atoms with Crippen molar-refractivity contribution in [1.82, 2.24) is 19.9 Å². The molecule has 3 aromatic rings. The molecule has 0 amide bonds. The van der Waals surface area contributed by atoms with Crippen molar-refractivity contribution in [2.45, 2.75) is 110 Å². The van der Waals surface area contributed by atoms with Crippen molar-refractivity contribution >= 4 is 33.7 Å². The quantitative estimate of drug-likeness (QED) is 0.190. The molecule has 0 bridgehead atoms. The van der Waals surface area contributed by atoms with Gasteiger partial charge in [0.2, 0.25) is 5.95 Å². The first kappa shape index (κ1) is 41.8. The van der Waals surface area contributed by atoms with Gasteiger partial charge in [-0.25, -0.2) is 19.3 Å². The van der Waals surface area contributed by atoms with Crippen LogP contribution in [0.15, 0.2) is 48.9 Å². The molecular weight excluding hydrogens is 694 g/mol. The number of esters is 1. The van der Waals surface area contributed by atoms with Crippen LogP contribution in [0.25, 0.3) is 11.1 Å². The molecular formula is C40H58FN7O4S. The van der Waals surface area contributed by atoms with Gasteiger partial charge in [-0.15, -0.1) is 10.3 Å². The van der Waals surface area contributed by atoms with Gasteiger partial charge >= 0.3 is 5.97 Å². The van der Waals surface area contributed by atoms with Crippen molar-refractivity contribution in [3.8, 4) is 22.9 Å². The highest BCUT2D eigenvalue weighted by atomic mass is 32.3. The minimum atomic E-state index is -1.32. The Labute approximate surface area is 317 Å². The Morgan fingerprint density at radius 2 is 1.70 bits per heavy atom. The van der Waals surface area contributed by atoms with Gasteiger partial charge in [0.25, 0.3) is 0 Å². The smallest absolute Gasteiger partial charge is 0.320 e. The van der Waals surface area contributed by atoms with E-state index in [1.165, 1.54) is 0 Å². The summed E-state index contributed by atoms with van der Waals surface area (Å²) in [5.74, 6) is 0.440. The van der Waals surface area contributed by atoms with Crippen molar-refractivity contribution in [3.05, 3.63) is 54.7 Å². The molecule has 5 rings (SSSR count). The molecule has 2 saturated heterocycles. The van der Waals surface area contributed by atoms with Crippen LogP contribution in [0.1, 0.15) is 81.1 Å². The molecule has 2 unspecified atom stereocenters. The Kier molecular flexibility index (Phi) is 14.1. The number of halogens is 1. The van der Waals surface area contributed by atoms with E-state index in [1.807, 2.05) is 51.7 Å². The number of rotatable bonds is 11. The van der Waals surface area contributed by atoms with Gasteiger partial charge in [0.05, 0.1) is 30.8 Å². The molecule has 290 valence electrons. The molecule has 1 aromatic carbocycles. The molecule has 1 N–H and O–H groups in total. The van der Waals surface area contributed by atoms with Gasteiger partial charge in [-0.2, -0.15) is 5.26 Å². The van der Waals surface area contributed by atoms with E-state index in [0.29, 0.717) is 50.7 Å². The highest BCUT2D eigenvalue weighted by Gasteiger charge is 2.39.